The third-order valence-corrected chi connectivity index (χ3v) is 2.21. The van der Waals surface area contributed by atoms with Crippen LogP contribution >= 0.6 is 11.6 Å². The summed E-state index contributed by atoms with van der Waals surface area (Å²) in [6, 6.07) is 0.355. The van der Waals surface area contributed by atoms with Crippen molar-refractivity contribution in [3.05, 3.63) is 0 Å². The molecule has 1 saturated carbocycles. The van der Waals surface area contributed by atoms with Gasteiger partial charge < -0.3 is 10.1 Å². The summed E-state index contributed by atoms with van der Waals surface area (Å²) in [5.41, 5.74) is 0. The Bertz CT molecular complexity index is 148. The monoisotopic (exact) mass is 191 g/mol. The molecule has 12 heavy (non-hydrogen) atoms. The standard InChI is InChI=1S/C8H14ClNO2/c9-5-2-6-12-8(11)10-7-3-1-4-7/h7H,1-6H2,(H,10,11). The van der Waals surface area contributed by atoms with Crippen molar-refractivity contribution in [1.82, 2.24) is 5.32 Å². The minimum atomic E-state index is -0.301. The smallest absolute Gasteiger partial charge is 0.407 e. The second-order valence-electron chi connectivity index (χ2n) is 2.95. The number of alkyl carbamates (subject to hydrolysis) is 1. The van der Waals surface area contributed by atoms with Gasteiger partial charge in [0.05, 0.1) is 6.61 Å². The second kappa shape index (κ2) is 5.25. The topological polar surface area (TPSA) is 38.3 Å². The van der Waals surface area contributed by atoms with E-state index in [9.17, 15) is 4.79 Å². The van der Waals surface area contributed by atoms with Crippen LogP contribution in [0.1, 0.15) is 25.7 Å². The summed E-state index contributed by atoms with van der Waals surface area (Å²) in [4.78, 5) is 10.9. The van der Waals surface area contributed by atoms with Crippen LogP contribution in [0.5, 0.6) is 0 Å². The normalized spacial score (nSPS) is 16.8. The lowest BCUT2D eigenvalue weighted by atomic mass is 9.93. The number of hydrogen-bond donors (Lipinski definition) is 1. The largest absolute Gasteiger partial charge is 0.450 e. The van der Waals surface area contributed by atoms with Crippen LogP contribution in [0.15, 0.2) is 0 Å². The number of carbonyl (C=O) groups is 1. The SMILES string of the molecule is O=C(NC1CCC1)OCCCCl. The fraction of sp³-hybridized carbons (Fsp3) is 0.875. The van der Waals surface area contributed by atoms with Crippen LogP contribution in [0.25, 0.3) is 0 Å². The summed E-state index contributed by atoms with van der Waals surface area (Å²) >= 11 is 5.42. The zero-order valence-electron chi connectivity index (χ0n) is 7.01. The molecule has 70 valence electrons. The lowest BCUT2D eigenvalue weighted by molar-refractivity contribution is 0.137. The third kappa shape index (κ3) is 3.30. The maximum absolute atomic E-state index is 10.9. The predicted molar refractivity (Wildman–Crippen MR) is 47.5 cm³/mol. The number of halogens is 1. The number of amides is 1. The van der Waals surface area contributed by atoms with Gasteiger partial charge in [0.25, 0.3) is 0 Å². The Labute approximate surface area is 77.4 Å². The number of alkyl halides is 1. The molecule has 0 heterocycles. The lowest BCUT2D eigenvalue weighted by Crippen LogP contribution is -2.39. The van der Waals surface area contributed by atoms with Crippen molar-refractivity contribution in [2.45, 2.75) is 31.7 Å². The molecule has 1 fully saturated rings. The minimum absolute atomic E-state index is 0.301. The molecule has 0 spiro atoms. The van der Waals surface area contributed by atoms with Crippen LogP contribution in [0, 0.1) is 0 Å². The van der Waals surface area contributed by atoms with E-state index in [4.69, 9.17) is 16.3 Å². The zero-order valence-corrected chi connectivity index (χ0v) is 7.77. The van der Waals surface area contributed by atoms with Crippen molar-refractivity contribution in [2.24, 2.45) is 0 Å². The van der Waals surface area contributed by atoms with E-state index < -0.39 is 0 Å². The Kier molecular flexibility index (Phi) is 4.22. The molecule has 1 aliphatic rings. The third-order valence-electron chi connectivity index (χ3n) is 1.94. The first-order chi connectivity index (χ1) is 5.83. The van der Waals surface area contributed by atoms with Gasteiger partial charge in [-0.15, -0.1) is 11.6 Å². The first-order valence-electron chi connectivity index (χ1n) is 4.32. The van der Waals surface area contributed by atoms with Crippen molar-refractivity contribution in [3.63, 3.8) is 0 Å². The van der Waals surface area contributed by atoms with Crippen LogP contribution in [0.4, 0.5) is 4.79 Å². The van der Waals surface area contributed by atoms with E-state index >= 15 is 0 Å². The van der Waals surface area contributed by atoms with E-state index in [1.807, 2.05) is 0 Å². The molecule has 0 atom stereocenters. The number of ether oxygens (including phenoxy) is 1. The fourth-order valence-corrected chi connectivity index (χ4v) is 1.09. The molecule has 1 rings (SSSR count). The summed E-state index contributed by atoms with van der Waals surface area (Å²) < 4.78 is 4.85. The summed E-state index contributed by atoms with van der Waals surface area (Å²) in [5.74, 6) is 0.538. The molecular weight excluding hydrogens is 178 g/mol. The van der Waals surface area contributed by atoms with Gasteiger partial charge >= 0.3 is 6.09 Å². The molecule has 1 amide bonds. The van der Waals surface area contributed by atoms with E-state index in [0.29, 0.717) is 18.5 Å². The molecule has 1 aliphatic carbocycles. The van der Waals surface area contributed by atoms with E-state index in [0.717, 1.165) is 19.3 Å². The summed E-state index contributed by atoms with van der Waals surface area (Å²) in [6.45, 7) is 0.419. The molecule has 1 N–H and O–H groups in total. The van der Waals surface area contributed by atoms with Crippen molar-refractivity contribution >= 4 is 17.7 Å². The Morgan fingerprint density at radius 1 is 1.58 bits per heavy atom. The molecule has 0 aromatic rings. The molecule has 0 aromatic carbocycles. The lowest BCUT2D eigenvalue weighted by Gasteiger charge is -2.25. The van der Waals surface area contributed by atoms with Gasteiger partial charge in [-0.05, 0) is 25.7 Å². The van der Waals surface area contributed by atoms with Crippen LogP contribution in [-0.2, 0) is 4.74 Å². The summed E-state index contributed by atoms with van der Waals surface area (Å²) in [7, 11) is 0. The molecule has 0 aromatic heterocycles. The van der Waals surface area contributed by atoms with Crippen LogP contribution < -0.4 is 5.32 Å². The molecule has 3 nitrogen and oxygen atoms in total. The first kappa shape index (κ1) is 9.65. The number of nitrogens with one attached hydrogen (secondary N) is 1. The summed E-state index contributed by atoms with van der Waals surface area (Å²) in [5, 5.41) is 2.77. The van der Waals surface area contributed by atoms with Crippen molar-refractivity contribution < 1.29 is 9.53 Å². The first-order valence-corrected chi connectivity index (χ1v) is 4.85. The van der Waals surface area contributed by atoms with E-state index in [2.05, 4.69) is 5.32 Å². The number of rotatable bonds is 4. The molecular formula is C8H14ClNO2. The van der Waals surface area contributed by atoms with Gasteiger partial charge in [0.15, 0.2) is 0 Å². The summed E-state index contributed by atoms with van der Waals surface area (Å²) in [6.07, 6.45) is 3.81. The highest BCUT2D eigenvalue weighted by atomic mass is 35.5. The van der Waals surface area contributed by atoms with Gasteiger partial charge in [0.1, 0.15) is 0 Å². The van der Waals surface area contributed by atoms with Crippen molar-refractivity contribution in [1.29, 1.82) is 0 Å². The second-order valence-corrected chi connectivity index (χ2v) is 3.33. The Morgan fingerprint density at radius 2 is 2.33 bits per heavy atom. The van der Waals surface area contributed by atoms with Crippen LogP contribution in [-0.4, -0.2) is 24.6 Å². The quantitative estimate of drug-likeness (QED) is 0.545. The molecule has 0 radical (unpaired) electrons. The highest BCUT2D eigenvalue weighted by Crippen LogP contribution is 2.17. The minimum Gasteiger partial charge on any atom is -0.450 e. The average Bonchev–Trinajstić information content (AvgIpc) is 1.98. The molecule has 0 unspecified atom stereocenters. The zero-order chi connectivity index (χ0) is 8.81. The van der Waals surface area contributed by atoms with Crippen LogP contribution in [0.3, 0.4) is 0 Å². The van der Waals surface area contributed by atoms with Gasteiger partial charge in [0, 0.05) is 11.9 Å². The van der Waals surface area contributed by atoms with Crippen molar-refractivity contribution in [3.8, 4) is 0 Å². The van der Waals surface area contributed by atoms with Gasteiger partial charge in [0.2, 0.25) is 0 Å². The fourth-order valence-electron chi connectivity index (χ4n) is 0.980. The van der Waals surface area contributed by atoms with Gasteiger partial charge in [-0.1, -0.05) is 0 Å². The molecule has 4 heteroatoms. The predicted octanol–water partition coefficient (Wildman–Crippen LogP) is 1.89. The maximum Gasteiger partial charge on any atom is 0.407 e. The van der Waals surface area contributed by atoms with Gasteiger partial charge in [-0.2, -0.15) is 0 Å². The highest BCUT2D eigenvalue weighted by molar-refractivity contribution is 6.17. The number of carbonyl (C=O) groups excluding carboxylic acids is 1. The Morgan fingerprint density at radius 3 is 2.83 bits per heavy atom. The number of hydrogen-bond acceptors (Lipinski definition) is 2. The molecule has 0 aliphatic heterocycles. The highest BCUT2D eigenvalue weighted by Gasteiger charge is 2.19. The van der Waals surface area contributed by atoms with Crippen LogP contribution in [0.2, 0.25) is 0 Å². The van der Waals surface area contributed by atoms with E-state index in [-0.39, 0.29) is 6.09 Å². The maximum atomic E-state index is 10.9. The van der Waals surface area contributed by atoms with Gasteiger partial charge in [-0.3, -0.25) is 0 Å². The molecule has 0 saturated heterocycles. The average molecular weight is 192 g/mol. The van der Waals surface area contributed by atoms with Gasteiger partial charge in [-0.25, -0.2) is 4.79 Å². The Hall–Kier alpha value is -0.440. The Balaban J connectivity index is 1.95. The van der Waals surface area contributed by atoms with Crippen molar-refractivity contribution in [2.75, 3.05) is 12.5 Å². The van der Waals surface area contributed by atoms with E-state index in [1.165, 1.54) is 6.42 Å². The van der Waals surface area contributed by atoms with E-state index in [1.54, 1.807) is 0 Å². The molecule has 0 bridgehead atoms.